The lowest BCUT2D eigenvalue weighted by molar-refractivity contribution is -0.138. The minimum absolute atomic E-state index is 0.298. The summed E-state index contributed by atoms with van der Waals surface area (Å²) in [6, 6.07) is 20.5. The normalized spacial score (nSPS) is 18.4. The van der Waals surface area contributed by atoms with Crippen LogP contribution in [0.4, 0.5) is 11.4 Å². The standard InChI is InChI=1S/C26H28N2O3/c1-31-24-16-23(28-22-5-3-2-4-6-22)17-27-26(24)21-13-11-20(12-14-21)19-9-7-18(8-10-19)15-25(29)30/h2-6,11-14,16-19,28H,7-10,15H2,1H3,(H,29,30)/t18-,19+. The molecule has 0 spiro atoms. The number of pyridine rings is 1. The quantitative estimate of drug-likeness (QED) is 0.476. The average molecular weight is 417 g/mol. The minimum atomic E-state index is -0.681. The lowest BCUT2D eigenvalue weighted by Gasteiger charge is -2.28. The first-order chi connectivity index (χ1) is 15.1. The van der Waals surface area contributed by atoms with Gasteiger partial charge in [0.2, 0.25) is 0 Å². The molecule has 160 valence electrons. The molecule has 0 atom stereocenters. The number of methoxy groups -OCH3 is 1. The largest absolute Gasteiger partial charge is 0.494 e. The number of hydrogen-bond acceptors (Lipinski definition) is 4. The smallest absolute Gasteiger partial charge is 0.303 e. The summed E-state index contributed by atoms with van der Waals surface area (Å²) in [5, 5.41) is 12.3. The molecule has 5 heteroatoms. The SMILES string of the molecule is COc1cc(Nc2ccccc2)cnc1-c1ccc([C@H]2CC[C@@H](CC(=O)O)CC2)cc1. The highest BCUT2D eigenvalue weighted by Gasteiger charge is 2.24. The molecule has 0 aliphatic heterocycles. The number of anilines is 2. The van der Waals surface area contributed by atoms with Gasteiger partial charge < -0.3 is 15.2 Å². The molecule has 0 saturated heterocycles. The second-order valence-corrected chi connectivity index (χ2v) is 8.20. The van der Waals surface area contributed by atoms with Crippen molar-refractivity contribution in [1.82, 2.24) is 4.98 Å². The number of nitrogens with one attached hydrogen (secondary N) is 1. The number of hydrogen-bond donors (Lipinski definition) is 2. The van der Waals surface area contributed by atoms with Gasteiger partial charge in [-0.1, -0.05) is 42.5 Å². The third kappa shape index (κ3) is 5.23. The van der Waals surface area contributed by atoms with Crippen LogP contribution in [0.3, 0.4) is 0 Å². The van der Waals surface area contributed by atoms with E-state index >= 15 is 0 Å². The molecule has 1 aromatic heterocycles. The van der Waals surface area contributed by atoms with E-state index in [2.05, 4.69) is 34.6 Å². The number of carboxylic acids is 1. The zero-order valence-electron chi connectivity index (χ0n) is 17.8. The topological polar surface area (TPSA) is 71.5 Å². The maximum absolute atomic E-state index is 10.9. The second kappa shape index (κ2) is 9.65. The van der Waals surface area contributed by atoms with Crippen molar-refractivity contribution < 1.29 is 14.6 Å². The zero-order valence-corrected chi connectivity index (χ0v) is 17.8. The summed E-state index contributed by atoms with van der Waals surface area (Å²) in [6.07, 6.45) is 6.21. The summed E-state index contributed by atoms with van der Waals surface area (Å²) in [5.41, 5.74) is 5.03. The Morgan fingerprint density at radius 2 is 1.74 bits per heavy atom. The highest BCUT2D eigenvalue weighted by Crippen LogP contribution is 2.38. The number of carbonyl (C=O) groups is 1. The lowest BCUT2D eigenvalue weighted by Crippen LogP contribution is -2.16. The molecule has 0 amide bonds. The van der Waals surface area contributed by atoms with Crippen molar-refractivity contribution in [3.8, 4) is 17.0 Å². The van der Waals surface area contributed by atoms with Gasteiger partial charge in [0.25, 0.3) is 0 Å². The van der Waals surface area contributed by atoms with Crippen LogP contribution in [-0.4, -0.2) is 23.2 Å². The van der Waals surface area contributed by atoms with E-state index in [4.69, 9.17) is 9.84 Å². The van der Waals surface area contributed by atoms with Crippen LogP contribution in [0.1, 0.15) is 43.6 Å². The van der Waals surface area contributed by atoms with Gasteiger partial charge in [0.1, 0.15) is 11.4 Å². The molecule has 3 aromatic rings. The molecule has 0 unspecified atom stereocenters. The Hall–Kier alpha value is -3.34. The Balaban J connectivity index is 1.45. The Morgan fingerprint density at radius 1 is 1.03 bits per heavy atom. The van der Waals surface area contributed by atoms with E-state index in [0.29, 0.717) is 18.3 Å². The van der Waals surface area contributed by atoms with Gasteiger partial charge in [-0.15, -0.1) is 0 Å². The molecule has 2 aromatic carbocycles. The molecule has 1 fully saturated rings. The Morgan fingerprint density at radius 3 is 2.39 bits per heavy atom. The number of rotatable bonds is 7. The van der Waals surface area contributed by atoms with Gasteiger partial charge >= 0.3 is 5.97 Å². The first-order valence-corrected chi connectivity index (χ1v) is 10.8. The van der Waals surface area contributed by atoms with Crippen molar-refractivity contribution in [1.29, 1.82) is 0 Å². The van der Waals surface area contributed by atoms with E-state index in [0.717, 1.165) is 54.1 Å². The van der Waals surface area contributed by atoms with Crippen LogP contribution in [0.25, 0.3) is 11.3 Å². The zero-order chi connectivity index (χ0) is 21.6. The maximum Gasteiger partial charge on any atom is 0.303 e. The fourth-order valence-electron chi connectivity index (χ4n) is 4.43. The van der Waals surface area contributed by atoms with Crippen LogP contribution in [0, 0.1) is 5.92 Å². The van der Waals surface area contributed by atoms with Crippen LogP contribution in [0.2, 0.25) is 0 Å². The summed E-state index contributed by atoms with van der Waals surface area (Å²) in [4.78, 5) is 15.6. The van der Waals surface area contributed by atoms with Crippen molar-refractivity contribution >= 4 is 17.3 Å². The van der Waals surface area contributed by atoms with Crippen molar-refractivity contribution in [3.05, 3.63) is 72.4 Å². The van der Waals surface area contributed by atoms with E-state index in [-0.39, 0.29) is 0 Å². The van der Waals surface area contributed by atoms with Crippen LogP contribution < -0.4 is 10.1 Å². The number of ether oxygens (including phenoxy) is 1. The molecule has 5 nitrogen and oxygen atoms in total. The number of benzene rings is 2. The molecule has 2 N–H and O–H groups in total. The molecule has 31 heavy (non-hydrogen) atoms. The van der Waals surface area contributed by atoms with Crippen LogP contribution in [0.5, 0.6) is 5.75 Å². The molecule has 1 aliphatic rings. The first kappa shape index (κ1) is 20.9. The molecule has 1 aliphatic carbocycles. The second-order valence-electron chi connectivity index (χ2n) is 8.20. The summed E-state index contributed by atoms with van der Waals surface area (Å²) in [7, 11) is 1.66. The number of nitrogens with zero attached hydrogens (tertiary/aromatic N) is 1. The Kier molecular flexibility index (Phi) is 6.51. The highest BCUT2D eigenvalue weighted by molar-refractivity contribution is 5.71. The van der Waals surface area contributed by atoms with Gasteiger partial charge in [0, 0.05) is 23.7 Å². The van der Waals surface area contributed by atoms with Crippen molar-refractivity contribution in [2.45, 2.75) is 38.0 Å². The average Bonchev–Trinajstić information content (AvgIpc) is 2.80. The predicted octanol–water partition coefficient (Wildman–Crippen LogP) is 6.25. The molecule has 0 bridgehead atoms. The summed E-state index contributed by atoms with van der Waals surface area (Å²) >= 11 is 0. The molecule has 0 radical (unpaired) electrons. The first-order valence-electron chi connectivity index (χ1n) is 10.8. The maximum atomic E-state index is 10.9. The van der Waals surface area contributed by atoms with Gasteiger partial charge in [0.15, 0.2) is 0 Å². The fourth-order valence-corrected chi connectivity index (χ4v) is 4.43. The summed E-state index contributed by atoms with van der Waals surface area (Å²) in [6.45, 7) is 0. The van der Waals surface area contributed by atoms with Gasteiger partial charge in [-0.05, 0) is 55.2 Å². The molecule has 1 saturated carbocycles. The van der Waals surface area contributed by atoms with E-state index in [1.54, 1.807) is 7.11 Å². The predicted molar refractivity (Wildman–Crippen MR) is 123 cm³/mol. The third-order valence-electron chi connectivity index (χ3n) is 6.10. The minimum Gasteiger partial charge on any atom is -0.494 e. The fraction of sp³-hybridized carbons (Fsp3) is 0.308. The Labute approximate surface area is 183 Å². The van der Waals surface area contributed by atoms with Gasteiger partial charge in [-0.3, -0.25) is 9.78 Å². The number of carboxylic acid groups (broad SMARTS) is 1. The van der Waals surface area contributed by atoms with Crippen molar-refractivity contribution in [3.63, 3.8) is 0 Å². The highest BCUT2D eigenvalue weighted by atomic mass is 16.5. The van der Waals surface area contributed by atoms with Crippen LogP contribution in [0.15, 0.2) is 66.9 Å². The summed E-state index contributed by atoms with van der Waals surface area (Å²) in [5.74, 6) is 0.873. The van der Waals surface area contributed by atoms with Gasteiger partial charge in [-0.25, -0.2) is 0 Å². The lowest BCUT2D eigenvalue weighted by atomic mass is 9.77. The number of aliphatic carboxylic acids is 1. The van der Waals surface area contributed by atoms with Crippen molar-refractivity contribution in [2.75, 3.05) is 12.4 Å². The van der Waals surface area contributed by atoms with E-state index in [1.807, 2.05) is 42.6 Å². The number of aromatic nitrogens is 1. The molecular formula is C26H28N2O3. The third-order valence-corrected chi connectivity index (χ3v) is 6.10. The van der Waals surface area contributed by atoms with E-state index < -0.39 is 5.97 Å². The monoisotopic (exact) mass is 416 g/mol. The molecule has 4 rings (SSSR count). The van der Waals surface area contributed by atoms with E-state index in [9.17, 15) is 4.79 Å². The summed E-state index contributed by atoms with van der Waals surface area (Å²) < 4.78 is 5.62. The molecular weight excluding hydrogens is 388 g/mol. The van der Waals surface area contributed by atoms with Crippen molar-refractivity contribution in [2.24, 2.45) is 5.92 Å². The van der Waals surface area contributed by atoms with Gasteiger partial charge in [0.05, 0.1) is 19.0 Å². The molecule has 1 heterocycles. The van der Waals surface area contributed by atoms with E-state index in [1.165, 1.54) is 5.56 Å². The van der Waals surface area contributed by atoms with Gasteiger partial charge in [-0.2, -0.15) is 0 Å². The van der Waals surface area contributed by atoms with Crippen LogP contribution in [-0.2, 0) is 4.79 Å². The van der Waals surface area contributed by atoms with Crippen LogP contribution >= 0.6 is 0 Å². The number of para-hydroxylation sites is 1. The Bertz CT molecular complexity index is 1010.